The number of benzene rings is 1. The molecule has 0 radical (unpaired) electrons. The molecule has 0 aliphatic carbocycles. The van der Waals surface area contributed by atoms with Gasteiger partial charge in [-0.15, -0.1) is 0 Å². The average Bonchev–Trinajstić information content (AvgIpc) is 2.47. The summed E-state index contributed by atoms with van der Waals surface area (Å²) >= 11 is 0. The first kappa shape index (κ1) is 15.4. The van der Waals surface area contributed by atoms with Crippen molar-refractivity contribution in [2.24, 2.45) is 0 Å². The smallest absolute Gasteiger partial charge is 0.322 e. The van der Waals surface area contributed by atoms with Crippen LogP contribution in [0.25, 0.3) is 0 Å². The maximum atomic E-state index is 12.5. The molecule has 1 fully saturated rings. The Hall–Kier alpha value is -2.00. The highest BCUT2D eigenvalue weighted by atomic mass is 32.2. The number of hydrogen-bond acceptors (Lipinski definition) is 5. The normalized spacial score (nSPS) is 20.1. The first-order chi connectivity index (χ1) is 9.84. The van der Waals surface area contributed by atoms with E-state index in [4.69, 9.17) is 5.11 Å². The quantitative estimate of drug-likeness (QED) is 0.659. The number of carbonyl (C=O) groups is 1. The van der Waals surface area contributed by atoms with Crippen LogP contribution in [0.2, 0.25) is 0 Å². The second kappa shape index (κ2) is 5.78. The molecule has 9 heteroatoms. The highest BCUT2D eigenvalue weighted by Gasteiger charge is 2.37. The van der Waals surface area contributed by atoms with Gasteiger partial charge >= 0.3 is 5.97 Å². The Balaban J connectivity index is 2.35. The summed E-state index contributed by atoms with van der Waals surface area (Å²) in [5.41, 5.74) is -0.220. The standard InChI is InChI=1S/C12H14N2O6S/c15-12(16)11-3-1-2-8-13(11)21(19,20)10-6-4-9(5-7-10)14(17)18/h4-7,11H,1-3,8H2,(H,15,16)/t11-/m1/s1. The van der Waals surface area contributed by atoms with Gasteiger partial charge in [0, 0.05) is 18.7 Å². The van der Waals surface area contributed by atoms with Gasteiger partial charge in [0.1, 0.15) is 6.04 Å². The summed E-state index contributed by atoms with van der Waals surface area (Å²) in [6.07, 6.45) is 1.51. The Morgan fingerprint density at radius 1 is 1.29 bits per heavy atom. The molecule has 1 aromatic carbocycles. The molecule has 1 heterocycles. The SMILES string of the molecule is O=C(O)[C@H]1CCCCN1S(=O)(=O)c1ccc([N+](=O)[O-])cc1. The third-order valence-electron chi connectivity index (χ3n) is 3.39. The first-order valence-corrected chi connectivity index (χ1v) is 7.77. The Morgan fingerprint density at radius 3 is 2.43 bits per heavy atom. The molecule has 8 nitrogen and oxygen atoms in total. The lowest BCUT2D eigenvalue weighted by molar-refractivity contribution is -0.384. The second-order valence-electron chi connectivity index (χ2n) is 4.72. The maximum absolute atomic E-state index is 12.5. The fourth-order valence-electron chi connectivity index (χ4n) is 2.31. The number of carboxylic acids is 1. The molecule has 0 spiro atoms. The Labute approximate surface area is 121 Å². The summed E-state index contributed by atoms with van der Waals surface area (Å²) in [6.45, 7) is 0.135. The van der Waals surface area contributed by atoms with E-state index >= 15 is 0 Å². The topological polar surface area (TPSA) is 118 Å². The molecule has 114 valence electrons. The Bertz CT molecular complexity index is 655. The van der Waals surface area contributed by atoms with Crippen LogP contribution >= 0.6 is 0 Å². The zero-order valence-electron chi connectivity index (χ0n) is 11.0. The van der Waals surface area contributed by atoms with Crippen molar-refractivity contribution in [2.75, 3.05) is 6.54 Å². The zero-order chi connectivity index (χ0) is 15.6. The number of sulfonamides is 1. The monoisotopic (exact) mass is 314 g/mol. The summed E-state index contributed by atoms with van der Waals surface area (Å²) in [4.78, 5) is 21.0. The summed E-state index contributed by atoms with van der Waals surface area (Å²) < 4.78 is 25.9. The first-order valence-electron chi connectivity index (χ1n) is 6.33. The van der Waals surface area contributed by atoms with E-state index in [-0.39, 0.29) is 23.5 Å². The third-order valence-corrected chi connectivity index (χ3v) is 5.32. The predicted octanol–water partition coefficient (Wildman–Crippen LogP) is 1.22. The van der Waals surface area contributed by atoms with Gasteiger partial charge in [-0.1, -0.05) is 0 Å². The summed E-state index contributed by atoms with van der Waals surface area (Å²) in [7, 11) is -3.97. The van der Waals surface area contributed by atoms with Gasteiger partial charge in [0.2, 0.25) is 10.0 Å². The molecule has 1 saturated heterocycles. The van der Waals surface area contributed by atoms with Crippen LogP contribution in [0.5, 0.6) is 0 Å². The number of carboxylic acid groups (broad SMARTS) is 1. The number of nitro benzene ring substituents is 1. The van der Waals surface area contributed by atoms with Gasteiger partial charge in [0.25, 0.3) is 5.69 Å². The van der Waals surface area contributed by atoms with Gasteiger partial charge < -0.3 is 5.11 Å². The Morgan fingerprint density at radius 2 is 1.90 bits per heavy atom. The van der Waals surface area contributed by atoms with E-state index in [0.717, 1.165) is 28.6 Å². The van der Waals surface area contributed by atoms with Crippen LogP contribution in [0.4, 0.5) is 5.69 Å². The molecule has 1 atom stereocenters. The van der Waals surface area contributed by atoms with Gasteiger partial charge in [0.15, 0.2) is 0 Å². The largest absolute Gasteiger partial charge is 0.480 e. The van der Waals surface area contributed by atoms with Crippen LogP contribution in [0.15, 0.2) is 29.2 Å². The van der Waals surface area contributed by atoms with Gasteiger partial charge in [-0.2, -0.15) is 4.31 Å². The van der Waals surface area contributed by atoms with Crippen molar-refractivity contribution in [2.45, 2.75) is 30.2 Å². The molecule has 0 aromatic heterocycles. The van der Waals surface area contributed by atoms with Crippen molar-refractivity contribution in [1.29, 1.82) is 0 Å². The van der Waals surface area contributed by atoms with Crippen molar-refractivity contribution < 1.29 is 23.2 Å². The number of rotatable bonds is 4. The van der Waals surface area contributed by atoms with Gasteiger partial charge in [0.05, 0.1) is 9.82 Å². The molecule has 21 heavy (non-hydrogen) atoms. The molecule has 1 aliphatic rings. The van der Waals surface area contributed by atoms with Crippen LogP contribution in [0.1, 0.15) is 19.3 Å². The molecular weight excluding hydrogens is 300 g/mol. The lowest BCUT2D eigenvalue weighted by atomic mass is 10.1. The van der Waals surface area contributed by atoms with Gasteiger partial charge in [-0.25, -0.2) is 8.42 Å². The minimum Gasteiger partial charge on any atom is -0.480 e. The zero-order valence-corrected chi connectivity index (χ0v) is 11.8. The number of nitrogens with zero attached hydrogens (tertiary/aromatic N) is 2. The van der Waals surface area contributed by atoms with E-state index in [1.165, 1.54) is 0 Å². The minimum atomic E-state index is -3.97. The molecule has 0 amide bonds. The van der Waals surface area contributed by atoms with E-state index in [1.807, 2.05) is 0 Å². The Kier molecular flexibility index (Phi) is 4.24. The van der Waals surface area contributed by atoms with E-state index in [9.17, 15) is 23.3 Å². The molecular formula is C12H14N2O6S. The van der Waals surface area contributed by atoms with Crippen LogP contribution in [0, 0.1) is 10.1 Å². The number of non-ortho nitro benzene ring substituents is 1. The summed E-state index contributed by atoms with van der Waals surface area (Å²) in [5, 5.41) is 19.7. The number of aliphatic carboxylic acids is 1. The van der Waals surface area contributed by atoms with E-state index in [2.05, 4.69) is 0 Å². The number of hydrogen-bond donors (Lipinski definition) is 1. The molecule has 2 rings (SSSR count). The molecule has 1 N–H and O–H groups in total. The van der Waals surface area contributed by atoms with Crippen molar-refractivity contribution in [1.82, 2.24) is 4.31 Å². The third kappa shape index (κ3) is 3.03. The molecule has 0 unspecified atom stereocenters. The van der Waals surface area contributed by atoms with Crippen molar-refractivity contribution in [3.05, 3.63) is 34.4 Å². The van der Waals surface area contributed by atoms with E-state index in [1.54, 1.807) is 0 Å². The fourth-order valence-corrected chi connectivity index (χ4v) is 3.97. The molecule has 0 bridgehead atoms. The highest BCUT2D eigenvalue weighted by molar-refractivity contribution is 7.89. The fraction of sp³-hybridized carbons (Fsp3) is 0.417. The highest BCUT2D eigenvalue weighted by Crippen LogP contribution is 2.26. The molecule has 1 aromatic rings. The minimum absolute atomic E-state index is 0.135. The predicted molar refractivity (Wildman–Crippen MR) is 72.3 cm³/mol. The van der Waals surface area contributed by atoms with Crippen LogP contribution in [-0.2, 0) is 14.8 Å². The van der Waals surface area contributed by atoms with Crippen molar-refractivity contribution >= 4 is 21.7 Å². The lowest BCUT2D eigenvalue weighted by Gasteiger charge is -2.31. The average molecular weight is 314 g/mol. The van der Waals surface area contributed by atoms with Crippen LogP contribution in [-0.4, -0.2) is 41.3 Å². The van der Waals surface area contributed by atoms with Crippen LogP contribution in [0.3, 0.4) is 0 Å². The molecule has 1 aliphatic heterocycles. The second-order valence-corrected chi connectivity index (χ2v) is 6.61. The van der Waals surface area contributed by atoms with Crippen molar-refractivity contribution in [3.8, 4) is 0 Å². The summed E-state index contributed by atoms with van der Waals surface area (Å²) in [6, 6.07) is 3.35. The summed E-state index contributed by atoms with van der Waals surface area (Å²) in [5.74, 6) is -1.18. The van der Waals surface area contributed by atoms with E-state index in [0.29, 0.717) is 12.8 Å². The number of nitro groups is 1. The number of piperidine rings is 1. The maximum Gasteiger partial charge on any atom is 0.322 e. The van der Waals surface area contributed by atoms with Crippen LogP contribution < -0.4 is 0 Å². The molecule has 0 saturated carbocycles. The van der Waals surface area contributed by atoms with Gasteiger partial charge in [-0.05, 0) is 31.4 Å². The van der Waals surface area contributed by atoms with E-state index < -0.39 is 27.0 Å². The van der Waals surface area contributed by atoms with Gasteiger partial charge in [-0.3, -0.25) is 14.9 Å². The van der Waals surface area contributed by atoms with Crippen molar-refractivity contribution in [3.63, 3.8) is 0 Å². The lowest BCUT2D eigenvalue weighted by Crippen LogP contribution is -2.47.